The summed E-state index contributed by atoms with van der Waals surface area (Å²) in [6, 6.07) is 7.26. The number of ether oxygens (including phenoxy) is 2. The van der Waals surface area contributed by atoms with Gasteiger partial charge in [-0.3, -0.25) is 14.9 Å². The van der Waals surface area contributed by atoms with Crippen molar-refractivity contribution in [3.63, 3.8) is 0 Å². The van der Waals surface area contributed by atoms with Gasteiger partial charge in [0.15, 0.2) is 17.4 Å². The smallest absolute Gasteiger partial charge is 0.335 e. The molecule has 2 aromatic rings. The molecule has 0 spiro atoms. The molecule has 0 radical (unpaired) electrons. The first-order valence-electron chi connectivity index (χ1n) is 9.17. The highest BCUT2D eigenvalue weighted by Crippen LogP contribution is 2.36. The Kier molecular flexibility index (Phi) is 4.71. The second-order valence-corrected chi connectivity index (χ2v) is 6.34. The number of carbonyl (C=O) groups excluding carboxylic acids is 3. The van der Waals surface area contributed by atoms with Gasteiger partial charge in [-0.1, -0.05) is 0 Å². The first-order chi connectivity index (χ1) is 14.0. The summed E-state index contributed by atoms with van der Waals surface area (Å²) < 4.78 is 16.3. The molecule has 0 aliphatic carbocycles. The van der Waals surface area contributed by atoms with Crippen molar-refractivity contribution in [3.8, 4) is 11.5 Å². The van der Waals surface area contributed by atoms with Crippen LogP contribution in [0.4, 0.5) is 16.4 Å². The molecule has 4 amide bonds. The Hall–Kier alpha value is -3.75. The molecule has 150 valence electrons. The van der Waals surface area contributed by atoms with Crippen molar-refractivity contribution in [3.05, 3.63) is 41.7 Å². The minimum Gasteiger partial charge on any atom is -0.454 e. The Bertz CT molecular complexity index is 1020. The molecule has 0 bridgehead atoms. The van der Waals surface area contributed by atoms with Crippen LogP contribution in [-0.2, 0) is 9.59 Å². The summed E-state index contributed by atoms with van der Waals surface area (Å²) >= 11 is 0. The number of rotatable bonds is 5. The van der Waals surface area contributed by atoms with E-state index in [9.17, 15) is 14.4 Å². The lowest BCUT2D eigenvalue weighted by Crippen LogP contribution is -2.54. The van der Waals surface area contributed by atoms with Crippen molar-refractivity contribution in [2.45, 2.75) is 13.8 Å². The number of fused-ring (bicyclic) bond motifs is 1. The summed E-state index contributed by atoms with van der Waals surface area (Å²) in [4.78, 5) is 40.4. The zero-order chi connectivity index (χ0) is 20.5. The van der Waals surface area contributed by atoms with Crippen LogP contribution in [0.25, 0.3) is 6.08 Å². The van der Waals surface area contributed by atoms with Crippen molar-refractivity contribution in [1.82, 2.24) is 5.32 Å². The molecule has 1 fully saturated rings. The van der Waals surface area contributed by atoms with Gasteiger partial charge in [0.25, 0.3) is 11.8 Å². The van der Waals surface area contributed by atoms with Gasteiger partial charge in [0.2, 0.25) is 6.79 Å². The maximum Gasteiger partial charge on any atom is 0.335 e. The zero-order valence-corrected chi connectivity index (χ0v) is 15.9. The number of carbonyl (C=O) groups is 3. The summed E-state index contributed by atoms with van der Waals surface area (Å²) in [6.45, 7) is 5.57. The normalized spacial score (nSPS) is 17.1. The van der Waals surface area contributed by atoms with Gasteiger partial charge in [-0.2, -0.15) is 0 Å². The van der Waals surface area contributed by atoms with Crippen molar-refractivity contribution < 1.29 is 28.3 Å². The van der Waals surface area contributed by atoms with E-state index < -0.39 is 17.8 Å². The largest absolute Gasteiger partial charge is 0.454 e. The van der Waals surface area contributed by atoms with Gasteiger partial charge >= 0.3 is 6.03 Å². The molecule has 0 unspecified atom stereocenters. The van der Waals surface area contributed by atoms with Crippen molar-refractivity contribution in [2.75, 3.05) is 29.7 Å². The first-order valence-corrected chi connectivity index (χ1v) is 9.17. The molecule has 29 heavy (non-hydrogen) atoms. The highest BCUT2D eigenvalue weighted by molar-refractivity contribution is 6.39. The van der Waals surface area contributed by atoms with E-state index in [1.54, 1.807) is 24.3 Å². The fourth-order valence-electron chi connectivity index (χ4n) is 3.18. The third kappa shape index (κ3) is 3.31. The fraction of sp³-hybridized carbons (Fsp3) is 0.250. The van der Waals surface area contributed by atoms with Gasteiger partial charge in [-0.25, -0.2) is 9.69 Å². The lowest BCUT2D eigenvalue weighted by molar-refractivity contribution is -0.122. The average Bonchev–Trinajstić information content (AvgIpc) is 3.35. The van der Waals surface area contributed by atoms with Crippen LogP contribution >= 0.6 is 0 Å². The van der Waals surface area contributed by atoms with Crippen molar-refractivity contribution in [1.29, 1.82) is 0 Å². The van der Waals surface area contributed by atoms with Crippen LogP contribution < -0.4 is 24.6 Å². The van der Waals surface area contributed by atoms with Gasteiger partial charge in [-0.05, 0) is 38.1 Å². The molecular weight excluding hydrogens is 378 g/mol. The van der Waals surface area contributed by atoms with Crippen LogP contribution in [-0.4, -0.2) is 37.7 Å². The van der Waals surface area contributed by atoms with E-state index in [2.05, 4.69) is 5.32 Å². The molecule has 4 rings (SSSR count). The van der Waals surface area contributed by atoms with Crippen LogP contribution in [0.3, 0.4) is 0 Å². The third-order valence-electron chi connectivity index (χ3n) is 4.69. The molecule has 1 N–H and O–H groups in total. The van der Waals surface area contributed by atoms with Crippen molar-refractivity contribution in [2.24, 2.45) is 0 Å². The van der Waals surface area contributed by atoms with Gasteiger partial charge in [0.1, 0.15) is 11.3 Å². The van der Waals surface area contributed by atoms with Gasteiger partial charge in [0.05, 0.1) is 5.69 Å². The van der Waals surface area contributed by atoms with E-state index in [-0.39, 0.29) is 18.1 Å². The lowest BCUT2D eigenvalue weighted by Gasteiger charge is -2.26. The van der Waals surface area contributed by atoms with Crippen LogP contribution in [0.5, 0.6) is 11.5 Å². The van der Waals surface area contributed by atoms with E-state index in [0.29, 0.717) is 23.1 Å². The van der Waals surface area contributed by atoms with E-state index in [1.165, 1.54) is 12.1 Å². The number of nitrogens with one attached hydrogen (secondary N) is 1. The number of barbiturate groups is 1. The second kappa shape index (κ2) is 7.34. The summed E-state index contributed by atoms with van der Waals surface area (Å²) in [7, 11) is 0. The average molecular weight is 397 g/mol. The van der Waals surface area contributed by atoms with E-state index >= 15 is 0 Å². The number of urea groups is 1. The summed E-state index contributed by atoms with van der Waals surface area (Å²) in [5.74, 6) is 0.376. The minimum atomic E-state index is -0.834. The molecule has 3 heterocycles. The second-order valence-electron chi connectivity index (χ2n) is 6.34. The van der Waals surface area contributed by atoms with Gasteiger partial charge in [-0.15, -0.1) is 0 Å². The fourth-order valence-corrected chi connectivity index (χ4v) is 3.18. The van der Waals surface area contributed by atoms with Crippen molar-refractivity contribution >= 4 is 35.5 Å². The van der Waals surface area contributed by atoms with Crippen LogP contribution in [0, 0.1) is 0 Å². The molecule has 1 saturated heterocycles. The molecule has 1 aromatic heterocycles. The molecule has 1 aromatic carbocycles. The van der Waals surface area contributed by atoms with E-state index in [1.807, 2.05) is 18.7 Å². The Morgan fingerprint density at radius 3 is 2.59 bits per heavy atom. The number of benzene rings is 1. The Labute approximate surface area is 166 Å². The summed E-state index contributed by atoms with van der Waals surface area (Å²) in [5.41, 5.74) is 0.0566. The predicted octanol–water partition coefficient (Wildman–Crippen LogP) is 2.52. The maximum atomic E-state index is 13.0. The molecule has 9 nitrogen and oxygen atoms in total. The lowest BCUT2D eigenvalue weighted by atomic mass is 10.1. The van der Waals surface area contributed by atoms with E-state index in [0.717, 1.165) is 18.0 Å². The SMILES string of the molecule is CCN(CC)c1ccc(C=C2C(=O)NC(=O)N(c3ccc4c(c3)OCO4)C2=O)o1. The first kappa shape index (κ1) is 18.6. The highest BCUT2D eigenvalue weighted by atomic mass is 16.7. The number of anilines is 2. The monoisotopic (exact) mass is 397 g/mol. The molecule has 2 aliphatic heterocycles. The zero-order valence-electron chi connectivity index (χ0n) is 15.9. The quantitative estimate of drug-likeness (QED) is 0.611. The number of amides is 4. The molecule has 0 saturated carbocycles. The Balaban J connectivity index is 1.66. The third-order valence-corrected chi connectivity index (χ3v) is 4.69. The number of hydrogen-bond donors (Lipinski definition) is 1. The molecule has 0 atom stereocenters. The minimum absolute atomic E-state index is 0.0654. The Morgan fingerprint density at radius 2 is 1.83 bits per heavy atom. The Morgan fingerprint density at radius 1 is 1.07 bits per heavy atom. The van der Waals surface area contributed by atoms with Crippen LogP contribution in [0.15, 0.2) is 40.3 Å². The maximum absolute atomic E-state index is 13.0. The topological polar surface area (TPSA) is 101 Å². The summed E-state index contributed by atoms with van der Waals surface area (Å²) in [5, 5.41) is 2.18. The van der Waals surface area contributed by atoms with Gasteiger partial charge in [0, 0.05) is 25.2 Å². The highest BCUT2D eigenvalue weighted by Gasteiger charge is 2.37. The molecule has 9 heteroatoms. The van der Waals surface area contributed by atoms with Crippen LogP contribution in [0.2, 0.25) is 0 Å². The standard InChI is InChI=1S/C20H19N3O6/c1-3-22(4-2)17-8-6-13(29-17)10-14-18(24)21-20(26)23(19(14)25)12-5-7-15-16(9-12)28-11-27-15/h5-10H,3-4,11H2,1-2H3,(H,21,24,26). The summed E-state index contributed by atoms with van der Waals surface area (Å²) in [6.07, 6.45) is 1.33. The van der Waals surface area contributed by atoms with Crippen LogP contribution in [0.1, 0.15) is 19.6 Å². The molecular formula is C20H19N3O6. The number of imide groups is 2. The number of nitrogens with zero attached hydrogens (tertiary/aromatic N) is 2. The van der Waals surface area contributed by atoms with E-state index in [4.69, 9.17) is 13.9 Å². The molecule has 2 aliphatic rings. The number of furan rings is 1. The predicted molar refractivity (Wildman–Crippen MR) is 104 cm³/mol. The van der Waals surface area contributed by atoms with Gasteiger partial charge < -0.3 is 18.8 Å². The number of hydrogen-bond acceptors (Lipinski definition) is 7.